The number of aromatic nitrogens is 1. The van der Waals surface area contributed by atoms with E-state index in [4.69, 9.17) is 0 Å². The number of likely N-dealkylation sites (tertiary alicyclic amines) is 1. The second kappa shape index (κ2) is 6.33. The Morgan fingerprint density at radius 3 is 2.62 bits per heavy atom. The van der Waals surface area contributed by atoms with Crippen LogP contribution in [0.25, 0.3) is 0 Å². The van der Waals surface area contributed by atoms with Crippen LogP contribution in [0.1, 0.15) is 19.8 Å². The number of anilines is 1. The summed E-state index contributed by atoms with van der Waals surface area (Å²) in [5.41, 5.74) is 0. The molecule has 0 radical (unpaired) electrons. The summed E-state index contributed by atoms with van der Waals surface area (Å²) in [5.74, 6) is 1.65. The third-order valence-electron chi connectivity index (χ3n) is 4.45. The van der Waals surface area contributed by atoms with Gasteiger partial charge in [-0.2, -0.15) is 0 Å². The van der Waals surface area contributed by atoms with E-state index >= 15 is 0 Å². The minimum absolute atomic E-state index is 0.224. The molecule has 2 amide bonds. The number of piperazine rings is 1. The van der Waals surface area contributed by atoms with Gasteiger partial charge in [0.25, 0.3) is 0 Å². The molecule has 1 atom stereocenters. The lowest BCUT2D eigenvalue weighted by molar-refractivity contribution is 0.129. The molecule has 1 aromatic heterocycles. The van der Waals surface area contributed by atoms with Crippen molar-refractivity contribution in [2.45, 2.75) is 19.8 Å². The number of piperidine rings is 1. The Hall–Kier alpha value is -1.78. The molecule has 0 aromatic carbocycles. The number of amides is 2. The largest absolute Gasteiger partial charge is 0.353 e. The van der Waals surface area contributed by atoms with Gasteiger partial charge >= 0.3 is 6.03 Å². The van der Waals surface area contributed by atoms with Crippen molar-refractivity contribution in [3.63, 3.8) is 0 Å². The minimum atomic E-state index is 0.224. The van der Waals surface area contributed by atoms with Crippen molar-refractivity contribution in [2.75, 3.05) is 44.2 Å². The number of hydrogen-bond acceptors (Lipinski definition) is 3. The summed E-state index contributed by atoms with van der Waals surface area (Å²) in [6.07, 6.45) is 4.21. The quantitative estimate of drug-likeness (QED) is 0.794. The molecule has 5 heteroatoms. The van der Waals surface area contributed by atoms with Crippen LogP contribution in [-0.4, -0.2) is 60.1 Å². The first-order chi connectivity index (χ1) is 10.2. The lowest BCUT2D eigenvalue weighted by Crippen LogP contribution is -2.54. The standard InChI is InChI=1S/C16H24N4O/c1-14-5-4-8-20(13-14)16(21)19-11-9-18(10-12-19)15-6-2-3-7-17-15/h2-3,6-7,14H,4-5,8-13H2,1H3. The molecular weight excluding hydrogens is 264 g/mol. The van der Waals surface area contributed by atoms with Gasteiger partial charge in [-0.25, -0.2) is 9.78 Å². The van der Waals surface area contributed by atoms with Crippen molar-refractivity contribution in [1.29, 1.82) is 0 Å². The van der Waals surface area contributed by atoms with E-state index in [9.17, 15) is 4.79 Å². The van der Waals surface area contributed by atoms with Gasteiger partial charge in [-0.05, 0) is 30.9 Å². The number of hydrogen-bond donors (Lipinski definition) is 0. The monoisotopic (exact) mass is 288 g/mol. The van der Waals surface area contributed by atoms with Crippen LogP contribution in [-0.2, 0) is 0 Å². The van der Waals surface area contributed by atoms with E-state index in [1.54, 1.807) is 0 Å². The molecule has 3 rings (SSSR count). The number of urea groups is 1. The maximum atomic E-state index is 12.6. The van der Waals surface area contributed by atoms with Gasteiger partial charge in [-0.3, -0.25) is 0 Å². The van der Waals surface area contributed by atoms with Gasteiger partial charge < -0.3 is 14.7 Å². The molecule has 5 nitrogen and oxygen atoms in total. The van der Waals surface area contributed by atoms with Crippen LogP contribution in [0.4, 0.5) is 10.6 Å². The van der Waals surface area contributed by atoms with Gasteiger partial charge in [0.15, 0.2) is 0 Å². The van der Waals surface area contributed by atoms with E-state index in [-0.39, 0.29) is 6.03 Å². The Morgan fingerprint density at radius 1 is 1.14 bits per heavy atom. The normalized spacial score (nSPS) is 23.3. The predicted octanol–water partition coefficient (Wildman–Crippen LogP) is 2.06. The van der Waals surface area contributed by atoms with Crippen LogP contribution in [0.15, 0.2) is 24.4 Å². The number of rotatable bonds is 1. The zero-order chi connectivity index (χ0) is 14.7. The Morgan fingerprint density at radius 2 is 1.95 bits per heavy atom. The molecule has 2 fully saturated rings. The van der Waals surface area contributed by atoms with Crippen LogP contribution in [0, 0.1) is 5.92 Å². The summed E-state index contributed by atoms with van der Waals surface area (Å²) in [6.45, 7) is 7.39. The lowest BCUT2D eigenvalue weighted by Gasteiger charge is -2.40. The third kappa shape index (κ3) is 3.28. The van der Waals surface area contributed by atoms with E-state index in [1.165, 1.54) is 6.42 Å². The highest BCUT2D eigenvalue weighted by atomic mass is 16.2. The van der Waals surface area contributed by atoms with E-state index < -0.39 is 0 Å². The average Bonchev–Trinajstić information content (AvgIpc) is 2.55. The first-order valence-electron chi connectivity index (χ1n) is 7.94. The van der Waals surface area contributed by atoms with Crippen molar-refractivity contribution in [3.8, 4) is 0 Å². The van der Waals surface area contributed by atoms with Crippen LogP contribution in [0.5, 0.6) is 0 Å². The maximum Gasteiger partial charge on any atom is 0.320 e. The van der Waals surface area contributed by atoms with Crippen molar-refractivity contribution in [3.05, 3.63) is 24.4 Å². The summed E-state index contributed by atoms with van der Waals surface area (Å²) in [6, 6.07) is 6.20. The summed E-state index contributed by atoms with van der Waals surface area (Å²) >= 11 is 0. The van der Waals surface area contributed by atoms with Crippen LogP contribution >= 0.6 is 0 Å². The Kier molecular flexibility index (Phi) is 4.27. The first-order valence-corrected chi connectivity index (χ1v) is 7.94. The summed E-state index contributed by atoms with van der Waals surface area (Å²) in [7, 11) is 0. The summed E-state index contributed by atoms with van der Waals surface area (Å²) in [5, 5.41) is 0. The Bertz CT molecular complexity index is 470. The number of carbonyl (C=O) groups is 1. The van der Waals surface area contributed by atoms with Crippen LogP contribution < -0.4 is 4.90 Å². The summed E-state index contributed by atoms with van der Waals surface area (Å²) < 4.78 is 0. The number of carbonyl (C=O) groups excluding carboxylic acids is 1. The molecule has 114 valence electrons. The third-order valence-corrected chi connectivity index (χ3v) is 4.45. The Balaban J connectivity index is 1.54. The fraction of sp³-hybridized carbons (Fsp3) is 0.625. The van der Waals surface area contributed by atoms with Gasteiger partial charge in [0, 0.05) is 45.5 Å². The Labute approximate surface area is 126 Å². The number of pyridine rings is 1. The van der Waals surface area contributed by atoms with E-state index in [0.29, 0.717) is 5.92 Å². The molecule has 1 aromatic rings. The van der Waals surface area contributed by atoms with Crippen LogP contribution in [0.3, 0.4) is 0 Å². The van der Waals surface area contributed by atoms with Crippen molar-refractivity contribution < 1.29 is 4.79 Å². The molecule has 3 heterocycles. The maximum absolute atomic E-state index is 12.6. The molecule has 2 saturated heterocycles. The molecule has 21 heavy (non-hydrogen) atoms. The SMILES string of the molecule is CC1CCCN(C(=O)N2CCN(c3ccccn3)CC2)C1. The topological polar surface area (TPSA) is 39.7 Å². The molecular formula is C16H24N4O. The second-order valence-electron chi connectivity index (χ2n) is 6.14. The van der Waals surface area contributed by atoms with E-state index in [1.807, 2.05) is 34.2 Å². The van der Waals surface area contributed by atoms with Crippen molar-refractivity contribution in [2.24, 2.45) is 5.92 Å². The molecule has 0 saturated carbocycles. The molecule has 1 unspecified atom stereocenters. The zero-order valence-electron chi connectivity index (χ0n) is 12.7. The van der Waals surface area contributed by atoms with Gasteiger partial charge in [-0.1, -0.05) is 13.0 Å². The zero-order valence-corrected chi connectivity index (χ0v) is 12.7. The first kappa shape index (κ1) is 14.2. The molecule has 0 spiro atoms. The number of nitrogens with zero attached hydrogens (tertiary/aromatic N) is 4. The van der Waals surface area contributed by atoms with Gasteiger partial charge in [0.1, 0.15) is 5.82 Å². The van der Waals surface area contributed by atoms with Gasteiger partial charge in [-0.15, -0.1) is 0 Å². The van der Waals surface area contributed by atoms with Crippen molar-refractivity contribution in [1.82, 2.24) is 14.8 Å². The highest BCUT2D eigenvalue weighted by Crippen LogP contribution is 2.18. The second-order valence-corrected chi connectivity index (χ2v) is 6.14. The van der Waals surface area contributed by atoms with Crippen LogP contribution in [0.2, 0.25) is 0 Å². The lowest BCUT2D eigenvalue weighted by atomic mass is 10.0. The minimum Gasteiger partial charge on any atom is -0.353 e. The van der Waals surface area contributed by atoms with Gasteiger partial charge in [0.2, 0.25) is 0 Å². The predicted molar refractivity (Wildman–Crippen MR) is 83.4 cm³/mol. The molecule has 2 aliphatic heterocycles. The fourth-order valence-electron chi connectivity index (χ4n) is 3.23. The van der Waals surface area contributed by atoms with Gasteiger partial charge in [0.05, 0.1) is 0 Å². The molecule has 2 aliphatic rings. The molecule has 0 aliphatic carbocycles. The summed E-state index contributed by atoms with van der Waals surface area (Å²) in [4.78, 5) is 23.2. The van der Waals surface area contributed by atoms with E-state index in [2.05, 4.69) is 16.8 Å². The highest BCUT2D eigenvalue weighted by molar-refractivity contribution is 5.75. The molecule has 0 N–H and O–H groups in total. The fourth-order valence-corrected chi connectivity index (χ4v) is 3.23. The smallest absolute Gasteiger partial charge is 0.320 e. The average molecular weight is 288 g/mol. The van der Waals surface area contributed by atoms with Crippen molar-refractivity contribution >= 4 is 11.8 Å². The van der Waals surface area contributed by atoms with E-state index in [0.717, 1.165) is 51.5 Å². The molecule has 0 bridgehead atoms. The highest BCUT2D eigenvalue weighted by Gasteiger charge is 2.28.